The molecule has 1 heterocycles. The molecule has 2 rings (SSSR count). The quantitative estimate of drug-likeness (QED) is 0.558. The largest absolute Gasteiger partial charge is 0.227 e. The lowest BCUT2D eigenvalue weighted by Gasteiger charge is -1.90. The van der Waals surface area contributed by atoms with Gasteiger partial charge < -0.3 is 0 Å². The van der Waals surface area contributed by atoms with Crippen LogP contribution in [0.1, 0.15) is 10.6 Å². The Hall–Kier alpha value is -1.33. The van der Waals surface area contributed by atoms with Crippen LogP contribution in [0.4, 0.5) is 0 Å². The van der Waals surface area contributed by atoms with Gasteiger partial charge >= 0.3 is 0 Å². The Morgan fingerprint density at radius 2 is 2.33 bits per heavy atom. The Morgan fingerprint density at radius 3 is 3.00 bits per heavy atom. The van der Waals surface area contributed by atoms with E-state index in [1.165, 1.54) is 10.3 Å². The van der Waals surface area contributed by atoms with Crippen LogP contribution in [0.25, 0.3) is 10.2 Å². The van der Waals surface area contributed by atoms with Crippen molar-refractivity contribution < 1.29 is 0 Å². The van der Waals surface area contributed by atoms with E-state index in [4.69, 9.17) is 6.42 Å². The van der Waals surface area contributed by atoms with E-state index in [1.807, 2.05) is 25.1 Å². The van der Waals surface area contributed by atoms with Gasteiger partial charge in [0.05, 0.1) is 10.2 Å². The third-order valence-electron chi connectivity index (χ3n) is 1.74. The van der Waals surface area contributed by atoms with Crippen molar-refractivity contribution in [2.24, 2.45) is 0 Å². The first kappa shape index (κ1) is 7.33. The topological polar surface area (TPSA) is 12.9 Å². The van der Waals surface area contributed by atoms with Crippen molar-refractivity contribution in [2.75, 3.05) is 0 Å². The molecule has 0 radical (unpaired) electrons. The van der Waals surface area contributed by atoms with Gasteiger partial charge in [0.25, 0.3) is 0 Å². The van der Waals surface area contributed by atoms with Crippen LogP contribution in [0, 0.1) is 19.3 Å². The van der Waals surface area contributed by atoms with Gasteiger partial charge in [0.15, 0.2) is 5.01 Å². The number of hydrogen-bond donors (Lipinski definition) is 0. The molecule has 0 aliphatic rings. The molecule has 0 fully saturated rings. The number of rotatable bonds is 0. The SMILES string of the molecule is C#Cc1nc2c(C)cccc2s1. The summed E-state index contributed by atoms with van der Waals surface area (Å²) in [5, 5.41) is 0.763. The van der Waals surface area contributed by atoms with Gasteiger partial charge in [-0.1, -0.05) is 12.1 Å². The first-order valence-corrected chi connectivity index (χ1v) is 4.45. The zero-order valence-electron chi connectivity index (χ0n) is 6.66. The van der Waals surface area contributed by atoms with Crippen LogP contribution < -0.4 is 0 Å². The fourth-order valence-corrected chi connectivity index (χ4v) is 2.00. The number of hydrogen-bond acceptors (Lipinski definition) is 2. The van der Waals surface area contributed by atoms with Gasteiger partial charge in [-0.05, 0) is 24.5 Å². The monoisotopic (exact) mass is 173 g/mol. The highest BCUT2D eigenvalue weighted by atomic mass is 32.1. The van der Waals surface area contributed by atoms with E-state index in [9.17, 15) is 0 Å². The molecule has 0 spiro atoms. The highest BCUT2D eigenvalue weighted by Gasteiger charge is 2.02. The lowest BCUT2D eigenvalue weighted by Crippen LogP contribution is -1.74. The molecule has 0 bridgehead atoms. The molecule has 0 unspecified atom stereocenters. The summed E-state index contributed by atoms with van der Waals surface area (Å²) in [6.45, 7) is 2.04. The van der Waals surface area contributed by atoms with Gasteiger partial charge in [0.2, 0.25) is 0 Å². The minimum atomic E-state index is 0.763. The molecule has 1 nitrogen and oxygen atoms in total. The van der Waals surface area contributed by atoms with Crippen LogP contribution >= 0.6 is 11.3 Å². The lowest BCUT2D eigenvalue weighted by atomic mass is 10.2. The van der Waals surface area contributed by atoms with Crippen molar-refractivity contribution >= 4 is 21.6 Å². The second-order valence-corrected chi connectivity index (χ2v) is 3.62. The molecule has 0 amide bonds. The van der Waals surface area contributed by atoms with E-state index < -0.39 is 0 Å². The maximum atomic E-state index is 5.26. The molecule has 1 aromatic heterocycles. The van der Waals surface area contributed by atoms with Gasteiger partial charge in [0, 0.05) is 0 Å². The van der Waals surface area contributed by atoms with Crippen LogP contribution in [0.2, 0.25) is 0 Å². The predicted molar refractivity (Wildman–Crippen MR) is 52.3 cm³/mol. The molecule has 58 valence electrons. The van der Waals surface area contributed by atoms with Crippen molar-refractivity contribution in [1.29, 1.82) is 0 Å². The minimum Gasteiger partial charge on any atom is -0.227 e. The molecule has 0 saturated carbocycles. The zero-order valence-corrected chi connectivity index (χ0v) is 7.48. The second-order valence-electron chi connectivity index (χ2n) is 2.59. The summed E-state index contributed by atoms with van der Waals surface area (Å²) in [6.07, 6.45) is 5.26. The average Bonchev–Trinajstić information content (AvgIpc) is 2.49. The normalized spacial score (nSPS) is 10.0. The number of para-hydroxylation sites is 1. The minimum absolute atomic E-state index is 0.763. The highest BCUT2D eigenvalue weighted by Crippen LogP contribution is 2.23. The van der Waals surface area contributed by atoms with Crippen LogP contribution in [-0.4, -0.2) is 4.98 Å². The summed E-state index contributed by atoms with van der Waals surface area (Å²) in [5.74, 6) is 2.55. The maximum absolute atomic E-state index is 5.26. The van der Waals surface area contributed by atoms with Crippen LogP contribution in [0.15, 0.2) is 18.2 Å². The number of aryl methyl sites for hydroxylation is 1. The van der Waals surface area contributed by atoms with Gasteiger partial charge in [-0.25, -0.2) is 4.98 Å². The number of terminal acetylenes is 1. The number of fused-ring (bicyclic) bond motifs is 1. The van der Waals surface area contributed by atoms with E-state index in [2.05, 4.69) is 10.9 Å². The molecule has 2 aromatic rings. The fraction of sp³-hybridized carbons (Fsp3) is 0.100. The molecule has 2 heteroatoms. The Balaban J connectivity index is 2.85. The molecule has 0 aliphatic carbocycles. The molecule has 0 N–H and O–H groups in total. The second kappa shape index (κ2) is 2.62. The Morgan fingerprint density at radius 1 is 1.50 bits per heavy atom. The molecular weight excluding hydrogens is 166 g/mol. The average molecular weight is 173 g/mol. The first-order chi connectivity index (χ1) is 5.81. The highest BCUT2D eigenvalue weighted by molar-refractivity contribution is 7.19. The Labute approximate surface area is 75.1 Å². The maximum Gasteiger partial charge on any atom is 0.167 e. The summed E-state index contributed by atoms with van der Waals surface area (Å²) in [6, 6.07) is 6.11. The lowest BCUT2D eigenvalue weighted by molar-refractivity contribution is 1.40. The molecule has 0 atom stereocenters. The van der Waals surface area contributed by atoms with Crippen molar-refractivity contribution in [3.05, 3.63) is 28.8 Å². The first-order valence-electron chi connectivity index (χ1n) is 3.64. The summed E-state index contributed by atoms with van der Waals surface area (Å²) in [4.78, 5) is 4.31. The molecule has 1 aromatic carbocycles. The van der Waals surface area contributed by atoms with Crippen molar-refractivity contribution in [2.45, 2.75) is 6.92 Å². The number of nitrogens with zero attached hydrogens (tertiary/aromatic N) is 1. The van der Waals surface area contributed by atoms with E-state index >= 15 is 0 Å². The van der Waals surface area contributed by atoms with Gasteiger partial charge in [-0.15, -0.1) is 17.8 Å². The van der Waals surface area contributed by atoms with Crippen LogP contribution in [0.3, 0.4) is 0 Å². The van der Waals surface area contributed by atoms with Crippen molar-refractivity contribution in [1.82, 2.24) is 4.98 Å². The molecule has 0 aliphatic heterocycles. The van der Waals surface area contributed by atoms with Gasteiger partial charge in [0.1, 0.15) is 0 Å². The Kier molecular flexibility index (Phi) is 1.60. The third kappa shape index (κ3) is 0.992. The smallest absolute Gasteiger partial charge is 0.167 e. The summed E-state index contributed by atoms with van der Waals surface area (Å²) in [7, 11) is 0. The number of thiazole rings is 1. The van der Waals surface area contributed by atoms with E-state index in [0.717, 1.165) is 10.5 Å². The molecule has 0 saturated heterocycles. The summed E-state index contributed by atoms with van der Waals surface area (Å²) in [5.41, 5.74) is 2.22. The van der Waals surface area contributed by atoms with E-state index in [1.54, 1.807) is 11.3 Å². The third-order valence-corrected chi connectivity index (χ3v) is 2.70. The standard InChI is InChI=1S/C10H7NS/c1-3-9-11-10-7(2)5-4-6-8(10)12-9/h1,4-6H,2H3. The predicted octanol–water partition coefficient (Wildman–Crippen LogP) is 2.59. The van der Waals surface area contributed by atoms with Crippen LogP contribution in [0.5, 0.6) is 0 Å². The number of benzene rings is 1. The van der Waals surface area contributed by atoms with E-state index in [-0.39, 0.29) is 0 Å². The van der Waals surface area contributed by atoms with Gasteiger partial charge in [-0.3, -0.25) is 0 Å². The molecular formula is C10H7NS. The zero-order chi connectivity index (χ0) is 8.55. The van der Waals surface area contributed by atoms with E-state index in [0.29, 0.717) is 0 Å². The van der Waals surface area contributed by atoms with Crippen molar-refractivity contribution in [3.63, 3.8) is 0 Å². The Bertz CT molecular complexity index is 462. The fourth-order valence-electron chi connectivity index (χ4n) is 1.15. The molecule has 12 heavy (non-hydrogen) atoms. The summed E-state index contributed by atoms with van der Waals surface area (Å²) < 4.78 is 1.17. The van der Waals surface area contributed by atoms with Crippen molar-refractivity contribution in [3.8, 4) is 12.3 Å². The number of aromatic nitrogens is 1. The summed E-state index contributed by atoms with van der Waals surface area (Å²) >= 11 is 1.56. The van der Waals surface area contributed by atoms with Gasteiger partial charge in [-0.2, -0.15) is 0 Å². The van der Waals surface area contributed by atoms with Crippen LogP contribution in [-0.2, 0) is 0 Å².